The molecular formula is C25H27ClN6O5S. The number of morpholine rings is 1. The largest absolute Gasteiger partial charge is 0.480 e. The molecule has 38 heavy (non-hydrogen) atoms. The fraction of sp³-hybridized carbons (Fsp3) is 0.480. The van der Waals surface area contributed by atoms with E-state index in [0.717, 1.165) is 10.6 Å². The van der Waals surface area contributed by atoms with Gasteiger partial charge in [0, 0.05) is 19.2 Å². The first-order valence-corrected chi connectivity index (χ1v) is 13.7. The van der Waals surface area contributed by atoms with Gasteiger partial charge < -0.3 is 29.1 Å². The van der Waals surface area contributed by atoms with E-state index in [2.05, 4.69) is 31.8 Å². The molecule has 6 heterocycles. The van der Waals surface area contributed by atoms with Crippen molar-refractivity contribution in [1.82, 2.24) is 19.9 Å². The Hall–Kier alpha value is -3.06. The molecule has 0 radical (unpaired) electrons. The van der Waals surface area contributed by atoms with E-state index in [1.54, 1.807) is 11.8 Å². The molecule has 0 amide bonds. The van der Waals surface area contributed by atoms with E-state index in [1.807, 2.05) is 23.6 Å². The van der Waals surface area contributed by atoms with Crippen molar-refractivity contribution in [2.24, 2.45) is 0 Å². The van der Waals surface area contributed by atoms with Gasteiger partial charge in [-0.3, -0.25) is 0 Å². The van der Waals surface area contributed by atoms with Gasteiger partial charge >= 0.3 is 5.97 Å². The number of aromatic nitrogens is 4. The van der Waals surface area contributed by atoms with Gasteiger partial charge in [0.1, 0.15) is 29.3 Å². The second-order valence-electron chi connectivity index (χ2n) is 9.72. The van der Waals surface area contributed by atoms with Gasteiger partial charge in [-0.2, -0.15) is 9.97 Å². The van der Waals surface area contributed by atoms with Crippen LogP contribution in [0.2, 0.25) is 5.02 Å². The summed E-state index contributed by atoms with van der Waals surface area (Å²) < 4.78 is 17.9. The lowest BCUT2D eigenvalue weighted by Crippen LogP contribution is -2.68. The zero-order valence-electron chi connectivity index (χ0n) is 20.9. The van der Waals surface area contributed by atoms with Gasteiger partial charge in [0.15, 0.2) is 5.82 Å². The highest BCUT2D eigenvalue weighted by atomic mass is 35.5. The number of rotatable bonds is 6. The van der Waals surface area contributed by atoms with E-state index in [4.69, 9.17) is 25.8 Å². The lowest BCUT2D eigenvalue weighted by Gasteiger charge is -2.53. The zero-order valence-corrected chi connectivity index (χ0v) is 22.5. The summed E-state index contributed by atoms with van der Waals surface area (Å²) in [5.74, 6) is 0.791. The molecule has 3 saturated heterocycles. The van der Waals surface area contributed by atoms with E-state index in [1.165, 1.54) is 17.5 Å². The predicted molar refractivity (Wildman–Crippen MR) is 141 cm³/mol. The van der Waals surface area contributed by atoms with Crippen LogP contribution >= 0.6 is 22.9 Å². The topological polar surface area (TPSA) is 123 Å². The summed E-state index contributed by atoms with van der Waals surface area (Å²) in [7, 11) is 0. The summed E-state index contributed by atoms with van der Waals surface area (Å²) in [6, 6.07) is 4.84. The zero-order chi connectivity index (χ0) is 26.4. The minimum atomic E-state index is -0.968. The Bertz CT molecular complexity index is 1340. The minimum absolute atomic E-state index is 0.0170. The summed E-state index contributed by atoms with van der Waals surface area (Å²) in [5, 5.41) is 12.5. The first-order chi connectivity index (χ1) is 18.3. The Labute approximate surface area is 228 Å². The van der Waals surface area contributed by atoms with Gasteiger partial charge in [-0.05, 0) is 31.4 Å². The highest BCUT2D eigenvalue weighted by Gasteiger charge is 2.50. The van der Waals surface area contributed by atoms with Crippen LogP contribution in [-0.2, 0) is 14.3 Å². The van der Waals surface area contributed by atoms with Crippen molar-refractivity contribution in [3.8, 4) is 16.6 Å². The van der Waals surface area contributed by atoms with Gasteiger partial charge in [0.25, 0.3) is 0 Å². The molecule has 0 bridgehead atoms. The minimum Gasteiger partial charge on any atom is -0.480 e. The number of carboxylic acids is 1. The van der Waals surface area contributed by atoms with Crippen molar-refractivity contribution in [1.29, 1.82) is 0 Å². The molecule has 0 unspecified atom stereocenters. The van der Waals surface area contributed by atoms with Crippen LogP contribution in [0.3, 0.4) is 0 Å². The lowest BCUT2D eigenvalue weighted by atomic mass is 9.90. The van der Waals surface area contributed by atoms with E-state index in [0.29, 0.717) is 54.9 Å². The van der Waals surface area contributed by atoms with Crippen LogP contribution in [0.4, 0.5) is 11.6 Å². The molecule has 1 N–H and O–H groups in total. The number of carbonyl (C=O) groups is 1. The number of halogens is 1. The highest BCUT2D eigenvalue weighted by molar-refractivity contribution is 7.13. The third kappa shape index (κ3) is 4.55. The van der Waals surface area contributed by atoms with Crippen LogP contribution in [0.5, 0.6) is 5.88 Å². The SMILES string of the molecule is Cc1nc(-c2cccs2)nc(N2C[C@@H](Oc3ncc(Cl)cc3N3CCOC4(COC4)[C@@H]3C)C[C@H]2C(=O)O)n1. The number of ether oxygens (including phenoxy) is 3. The number of aliphatic carboxylic acids is 1. The lowest BCUT2D eigenvalue weighted by molar-refractivity contribution is -0.228. The molecule has 200 valence electrons. The molecule has 3 aromatic rings. The number of anilines is 2. The number of aryl methyl sites for hydroxylation is 1. The number of carboxylic acid groups (broad SMARTS) is 1. The number of thiophene rings is 1. The van der Waals surface area contributed by atoms with Gasteiger partial charge in [0.2, 0.25) is 11.8 Å². The maximum Gasteiger partial charge on any atom is 0.326 e. The average Bonchev–Trinajstić information content (AvgIpc) is 3.55. The van der Waals surface area contributed by atoms with Gasteiger partial charge in [-0.15, -0.1) is 11.3 Å². The quantitative estimate of drug-likeness (QED) is 0.480. The van der Waals surface area contributed by atoms with Crippen LogP contribution in [0.25, 0.3) is 10.7 Å². The summed E-state index contributed by atoms with van der Waals surface area (Å²) in [6.45, 7) is 6.41. The number of pyridine rings is 1. The van der Waals surface area contributed by atoms with Gasteiger partial charge in [0.05, 0.1) is 42.3 Å². The fourth-order valence-corrected chi connectivity index (χ4v) is 6.03. The first-order valence-electron chi connectivity index (χ1n) is 12.4. The molecule has 3 aliphatic rings. The standard InChI is InChI=1S/C25H27ClN6O5S/c1-14-25(12-35-13-25)36-6-5-31(14)18-8-16(26)10-27-22(18)37-17-9-19(23(33)34)32(11-17)24-29-15(2)28-21(30-24)20-4-3-7-38-20/h3-4,7-8,10,14,17,19H,5-6,9,11-13H2,1-2H3,(H,33,34)/t14-,17-,19-/m0/s1. The van der Waals surface area contributed by atoms with Crippen molar-refractivity contribution in [2.45, 2.75) is 44.1 Å². The van der Waals surface area contributed by atoms with Gasteiger partial charge in [-0.25, -0.2) is 14.8 Å². The van der Waals surface area contributed by atoms with Crippen LogP contribution < -0.4 is 14.5 Å². The normalized spacial score (nSPS) is 24.4. The van der Waals surface area contributed by atoms with Crippen LogP contribution in [0.15, 0.2) is 29.8 Å². The molecule has 11 nitrogen and oxygen atoms in total. The van der Waals surface area contributed by atoms with Crippen LogP contribution in [-0.4, -0.2) is 87.7 Å². The van der Waals surface area contributed by atoms with Crippen molar-refractivity contribution in [2.75, 3.05) is 42.7 Å². The molecular weight excluding hydrogens is 532 g/mol. The smallest absolute Gasteiger partial charge is 0.326 e. The van der Waals surface area contributed by atoms with Crippen LogP contribution in [0.1, 0.15) is 19.2 Å². The van der Waals surface area contributed by atoms with Crippen LogP contribution in [0, 0.1) is 6.92 Å². The summed E-state index contributed by atoms with van der Waals surface area (Å²) in [6.07, 6.45) is 1.33. The monoisotopic (exact) mass is 558 g/mol. The van der Waals surface area contributed by atoms with Crippen molar-refractivity contribution in [3.05, 3.63) is 40.6 Å². The molecule has 3 atom stereocenters. The average molecular weight is 559 g/mol. The predicted octanol–water partition coefficient (Wildman–Crippen LogP) is 3.06. The Morgan fingerprint density at radius 2 is 2.13 bits per heavy atom. The maximum atomic E-state index is 12.3. The second kappa shape index (κ2) is 9.92. The molecule has 13 heteroatoms. The molecule has 3 aliphatic heterocycles. The summed E-state index contributed by atoms with van der Waals surface area (Å²) in [5.41, 5.74) is 0.383. The van der Waals surface area contributed by atoms with E-state index < -0.39 is 18.1 Å². The maximum absolute atomic E-state index is 12.3. The second-order valence-corrected chi connectivity index (χ2v) is 11.1. The van der Waals surface area contributed by atoms with E-state index >= 15 is 0 Å². The van der Waals surface area contributed by atoms with Gasteiger partial charge in [-0.1, -0.05) is 17.7 Å². The van der Waals surface area contributed by atoms with Crippen molar-refractivity contribution >= 4 is 40.5 Å². The molecule has 3 fully saturated rings. The molecule has 3 aromatic heterocycles. The Kier molecular flexibility index (Phi) is 6.58. The molecule has 0 aromatic carbocycles. The molecule has 0 aliphatic carbocycles. The molecule has 0 saturated carbocycles. The summed E-state index contributed by atoms with van der Waals surface area (Å²) in [4.78, 5) is 35.0. The highest BCUT2D eigenvalue weighted by Crippen LogP contribution is 2.40. The Morgan fingerprint density at radius 1 is 1.29 bits per heavy atom. The number of nitrogens with zero attached hydrogens (tertiary/aromatic N) is 6. The number of hydrogen-bond acceptors (Lipinski definition) is 11. The number of hydrogen-bond donors (Lipinski definition) is 1. The van der Waals surface area contributed by atoms with E-state index in [-0.39, 0.29) is 24.6 Å². The summed E-state index contributed by atoms with van der Waals surface area (Å²) >= 11 is 7.87. The molecule has 6 rings (SSSR count). The third-order valence-corrected chi connectivity index (χ3v) is 8.38. The Morgan fingerprint density at radius 3 is 2.84 bits per heavy atom. The van der Waals surface area contributed by atoms with E-state index in [9.17, 15) is 9.90 Å². The van der Waals surface area contributed by atoms with Crippen molar-refractivity contribution in [3.63, 3.8) is 0 Å². The Balaban J connectivity index is 1.27. The molecule has 1 spiro atoms. The van der Waals surface area contributed by atoms with Crippen molar-refractivity contribution < 1.29 is 24.1 Å². The first kappa shape index (κ1) is 25.2. The third-order valence-electron chi connectivity index (χ3n) is 7.31. The fourth-order valence-electron chi connectivity index (χ4n) is 5.22.